The third kappa shape index (κ3) is 1.26. The van der Waals surface area contributed by atoms with Crippen molar-refractivity contribution in [2.45, 2.75) is 0 Å². The molecule has 0 aliphatic heterocycles. The maximum Gasteiger partial charge on any atom is 0.147 e. The Morgan fingerprint density at radius 1 is 1.50 bits per heavy atom. The minimum absolute atomic E-state index is 0.229. The van der Waals surface area contributed by atoms with E-state index in [0.717, 1.165) is 0 Å². The van der Waals surface area contributed by atoms with Crippen molar-refractivity contribution in [2.75, 3.05) is 19.0 Å². The summed E-state index contributed by atoms with van der Waals surface area (Å²) >= 11 is 0. The molecule has 0 atom stereocenters. The Balaban J connectivity index is 3.03. The highest BCUT2D eigenvalue weighted by Gasteiger charge is 1.99. The lowest BCUT2D eigenvalue weighted by Crippen LogP contribution is -2.10. The third-order valence-corrected chi connectivity index (χ3v) is 1.27. The van der Waals surface area contributed by atoms with Crippen molar-refractivity contribution in [2.24, 2.45) is 0 Å². The van der Waals surface area contributed by atoms with Gasteiger partial charge in [0.15, 0.2) is 0 Å². The fourth-order valence-electron chi connectivity index (χ4n) is 0.765. The van der Waals surface area contributed by atoms with Gasteiger partial charge in [-0.25, -0.2) is 4.39 Å². The number of benzene rings is 1. The number of anilines is 1. The summed E-state index contributed by atoms with van der Waals surface area (Å²) in [6.07, 6.45) is 0. The first-order chi connectivity index (χ1) is 4.72. The molecule has 1 aromatic rings. The number of nitrogens with zero attached hydrogens (tertiary/aromatic N) is 1. The van der Waals surface area contributed by atoms with Gasteiger partial charge in [-0.15, -0.1) is 0 Å². The first-order valence-electron chi connectivity index (χ1n) is 3.05. The van der Waals surface area contributed by atoms with Crippen LogP contribution in [0.2, 0.25) is 0 Å². The predicted octanol–water partition coefficient (Wildman–Crippen LogP) is 1.69. The normalized spacial score (nSPS) is 9.50. The summed E-state index contributed by atoms with van der Waals surface area (Å²) in [5.74, 6) is -0.229. The van der Waals surface area contributed by atoms with Crippen LogP contribution in [0.25, 0.3) is 0 Å². The van der Waals surface area contributed by atoms with E-state index in [-0.39, 0.29) is 5.82 Å². The molecule has 2 heteroatoms. The summed E-state index contributed by atoms with van der Waals surface area (Å²) in [7, 11) is 3.61. The van der Waals surface area contributed by atoms with E-state index in [4.69, 9.17) is 0 Å². The van der Waals surface area contributed by atoms with Crippen molar-refractivity contribution in [3.63, 3.8) is 0 Å². The topological polar surface area (TPSA) is 3.24 Å². The van der Waals surface area contributed by atoms with Crippen LogP contribution in [-0.4, -0.2) is 14.1 Å². The molecule has 0 fully saturated rings. The molecule has 0 aliphatic rings. The van der Waals surface area contributed by atoms with Gasteiger partial charge in [-0.2, -0.15) is 0 Å². The van der Waals surface area contributed by atoms with Crippen molar-refractivity contribution in [1.29, 1.82) is 0 Å². The summed E-state index contributed by atoms with van der Waals surface area (Å²) in [6.45, 7) is 0. The Labute approximate surface area is 60.1 Å². The van der Waals surface area contributed by atoms with Crippen LogP contribution in [0.5, 0.6) is 0 Å². The molecular formula is C8H9FN. The number of halogens is 1. The molecule has 1 radical (unpaired) electrons. The van der Waals surface area contributed by atoms with E-state index < -0.39 is 0 Å². The van der Waals surface area contributed by atoms with E-state index in [0.29, 0.717) is 5.69 Å². The molecule has 0 amide bonds. The van der Waals surface area contributed by atoms with Gasteiger partial charge in [0, 0.05) is 14.1 Å². The van der Waals surface area contributed by atoms with Crippen LogP contribution in [0.1, 0.15) is 0 Å². The first-order valence-corrected chi connectivity index (χ1v) is 3.05. The number of rotatable bonds is 1. The molecule has 0 aliphatic carbocycles. The Bertz CT molecular complexity index is 220. The van der Waals surface area contributed by atoms with E-state index in [1.54, 1.807) is 31.1 Å². The van der Waals surface area contributed by atoms with Gasteiger partial charge in [0.1, 0.15) is 5.82 Å². The van der Waals surface area contributed by atoms with E-state index in [1.807, 2.05) is 0 Å². The zero-order valence-corrected chi connectivity index (χ0v) is 6.06. The monoisotopic (exact) mass is 138 g/mol. The van der Waals surface area contributed by atoms with Crippen LogP contribution in [0.4, 0.5) is 10.1 Å². The van der Waals surface area contributed by atoms with Crippen LogP contribution >= 0.6 is 0 Å². The third-order valence-electron chi connectivity index (χ3n) is 1.27. The van der Waals surface area contributed by atoms with Crippen LogP contribution < -0.4 is 4.90 Å². The second kappa shape index (κ2) is 2.69. The molecule has 0 heterocycles. The lowest BCUT2D eigenvalue weighted by molar-refractivity contribution is 0.626. The van der Waals surface area contributed by atoms with Gasteiger partial charge >= 0.3 is 0 Å². The molecular weight excluding hydrogens is 129 g/mol. The standard InChI is InChI=1S/C8H9FN/c1-10(2)8-6-4-3-5-7(8)9/h4-6H,1-2H3. The Morgan fingerprint density at radius 3 is 2.60 bits per heavy atom. The van der Waals surface area contributed by atoms with Gasteiger partial charge in [0.05, 0.1) is 5.69 Å². The first kappa shape index (κ1) is 7.06. The van der Waals surface area contributed by atoms with Gasteiger partial charge < -0.3 is 4.90 Å². The molecule has 1 aromatic carbocycles. The van der Waals surface area contributed by atoms with Gasteiger partial charge in [-0.05, 0) is 18.2 Å². The van der Waals surface area contributed by atoms with Crippen molar-refractivity contribution in [3.8, 4) is 0 Å². The second-order valence-corrected chi connectivity index (χ2v) is 2.27. The van der Waals surface area contributed by atoms with Crippen molar-refractivity contribution in [1.82, 2.24) is 0 Å². The number of hydrogen-bond acceptors (Lipinski definition) is 1. The van der Waals surface area contributed by atoms with Crippen LogP contribution in [-0.2, 0) is 0 Å². The molecule has 1 rings (SSSR count). The smallest absolute Gasteiger partial charge is 0.147 e. The summed E-state index contributed by atoms with van der Waals surface area (Å²) in [5.41, 5.74) is 0.596. The van der Waals surface area contributed by atoms with Crippen LogP contribution in [0.3, 0.4) is 0 Å². The maximum atomic E-state index is 12.8. The lowest BCUT2D eigenvalue weighted by atomic mass is 10.3. The summed E-state index contributed by atoms with van der Waals surface area (Å²) < 4.78 is 12.8. The molecule has 0 unspecified atom stereocenters. The molecule has 53 valence electrons. The van der Waals surface area contributed by atoms with Crippen molar-refractivity contribution >= 4 is 5.69 Å². The zero-order chi connectivity index (χ0) is 7.56. The Morgan fingerprint density at radius 2 is 2.20 bits per heavy atom. The van der Waals surface area contributed by atoms with Gasteiger partial charge in [0.2, 0.25) is 0 Å². The van der Waals surface area contributed by atoms with Crippen molar-refractivity contribution < 1.29 is 4.39 Å². The Kier molecular flexibility index (Phi) is 1.90. The summed E-state index contributed by atoms with van der Waals surface area (Å²) in [4.78, 5) is 1.73. The molecule has 0 saturated carbocycles. The van der Waals surface area contributed by atoms with E-state index in [9.17, 15) is 4.39 Å². The van der Waals surface area contributed by atoms with E-state index in [2.05, 4.69) is 6.07 Å². The van der Waals surface area contributed by atoms with E-state index in [1.165, 1.54) is 6.07 Å². The largest absolute Gasteiger partial charge is 0.375 e. The van der Waals surface area contributed by atoms with Crippen molar-refractivity contribution in [3.05, 3.63) is 30.1 Å². The fraction of sp³-hybridized carbons (Fsp3) is 0.250. The summed E-state index contributed by atoms with van der Waals surface area (Å²) in [5, 5.41) is 0. The minimum atomic E-state index is -0.229. The minimum Gasteiger partial charge on any atom is -0.375 e. The van der Waals surface area contributed by atoms with Gasteiger partial charge in [-0.1, -0.05) is 6.07 Å². The second-order valence-electron chi connectivity index (χ2n) is 2.27. The highest BCUT2D eigenvalue weighted by atomic mass is 19.1. The molecule has 0 spiro atoms. The summed E-state index contributed by atoms with van der Waals surface area (Å²) in [6, 6.07) is 7.37. The highest BCUT2D eigenvalue weighted by Crippen LogP contribution is 2.14. The average Bonchev–Trinajstić information content (AvgIpc) is 1.88. The molecule has 0 N–H and O–H groups in total. The quantitative estimate of drug-likeness (QED) is 0.570. The molecule has 1 nitrogen and oxygen atoms in total. The molecule has 0 saturated heterocycles. The SMILES string of the molecule is CN(C)c1cc[c]cc1F. The maximum absolute atomic E-state index is 12.8. The van der Waals surface area contributed by atoms with Crippen LogP contribution in [0, 0.1) is 11.9 Å². The Hall–Kier alpha value is -1.05. The highest BCUT2D eigenvalue weighted by molar-refractivity contribution is 5.45. The number of hydrogen-bond donors (Lipinski definition) is 0. The van der Waals surface area contributed by atoms with Gasteiger partial charge in [0.25, 0.3) is 0 Å². The fourth-order valence-corrected chi connectivity index (χ4v) is 0.765. The zero-order valence-electron chi connectivity index (χ0n) is 6.06. The van der Waals surface area contributed by atoms with E-state index >= 15 is 0 Å². The predicted molar refractivity (Wildman–Crippen MR) is 39.6 cm³/mol. The molecule has 10 heavy (non-hydrogen) atoms. The lowest BCUT2D eigenvalue weighted by Gasteiger charge is -2.11. The molecule has 0 aromatic heterocycles. The molecule has 0 bridgehead atoms. The average molecular weight is 138 g/mol. The van der Waals surface area contributed by atoms with Crippen LogP contribution in [0.15, 0.2) is 18.2 Å². The van der Waals surface area contributed by atoms with Gasteiger partial charge in [-0.3, -0.25) is 0 Å².